The van der Waals surface area contributed by atoms with E-state index in [0.717, 1.165) is 38.6 Å². The van der Waals surface area contributed by atoms with Crippen molar-refractivity contribution in [3.05, 3.63) is 108 Å². The highest BCUT2D eigenvalue weighted by molar-refractivity contribution is 5.85. The third-order valence-electron chi connectivity index (χ3n) is 7.04. The number of ether oxygens (including phenoxy) is 2. The number of nitrogens with one attached hydrogen (secondary N) is 2. The first kappa shape index (κ1) is 26.8. The lowest BCUT2D eigenvalue weighted by atomic mass is 10.0. The second-order valence-corrected chi connectivity index (χ2v) is 9.84. The highest BCUT2D eigenvalue weighted by Crippen LogP contribution is 2.23. The molecule has 0 radical (unpaired) electrons. The SMILES string of the molecule is COc1ccccc1CN(CC(Cc1c[nH]c2ccccc12)NC(=O)COc1ccc2ccccc2c1)C(C)=O.[HH]. The molecule has 1 atom stereocenters. The zero-order valence-electron chi connectivity index (χ0n) is 22.7. The lowest BCUT2D eigenvalue weighted by molar-refractivity contribution is -0.131. The number of aromatic amines is 1. The van der Waals surface area contributed by atoms with Crippen molar-refractivity contribution in [2.45, 2.75) is 25.9 Å². The Bertz CT molecular complexity index is 1630. The normalized spacial score (nSPS) is 11.8. The summed E-state index contributed by atoms with van der Waals surface area (Å²) in [5.41, 5.74) is 2.99. The number of nitrogens with zero attached hydrogens (tertiary/aromatic N) is 1. The maximum atomic E-state index is 13.1. The van der Waals surface area contributed by atoms with Gasteiger partial charge < -0.3 is 24.7 Å². The minimum Gasteiger partial charge on any atom is -0.496 e. The third kappa shape index (κ3) is 6.43. The maximum Gasteiger partial charge on any atom is 0.258 e. The lowest BCUT2D eigenvalue weighted by Gasteiger charge is -2.28. The molecule has 0 aliphatic heterocycles. The van der Waals surface area contributed by atoms with Gasteiger partial charge in [-0.05, 0) is 47.0 Å². The molecule has 1 heterocycles. The molecule has 2 amide bonds. The molecule has 0 spiro atoms. The van der Waals surface area contributed by atoms with Gasteiger partial charge in [-0.3, -0.25) is 9.59 Å². The molecule has 206 valence electrons. The molecular weight excluding hydrogens is 502 g/mol. The molecule has 0 saturated carbocycles. The Morgan fingerprint density at radius 3 is 2.50 bits per heavy atom. The number of carbonyl (C=O) groups excluding carboxylic acids is 2. The number of amides is 2. The quantitative estimate of drug-likeness (QED) is 0.225. The van der Waals surface area contributed by atoms with Crippen LogP contribution in [0.15, 0.2) is 97.2 Å². The van der Waals surface area contributed by atoms with Gasteiger partial charge in [-0.2, -0.15) is 0 Å². The van der Waals surface area contributed by atoms with Crippen molar-refractivity contribution < 1.29 is 20.5 Å². The molecular formula is C33H35N3O4. The van der Waals surface area contributed by atoms with Gasteiger partial charge in [0.1, 0.15) is 11.5 Å². The largest absolute Gasteiger partial charge is 0.496 e. The standard InChI is InChI=1S/C33H33N3O4.H2/c1-23(37)36(20-26-11-5-8-14-32(26)39-2)21-28(17-27-19-34-31-13-7-6-12-30(27)31)35-33(38)22-40-29-16-15-24-9-3-4-10-25(24)18-29;/h3-16,18-19,28,34H,17,20-22H2,1-2H3,(H,35,38);1H. The maximum absolute atomic E-state index is 13.1. The summed E-state index contributed by atoms with van der Waals surface area (Å²) in [6.07, 6.45) is 2.51. The van der Waals surface area contributed by atoms with Crippen LogP contribution in [0.2, 0.25) is 0 Å². The fraction of sp³-hybridized carbons (Fsp3) is 0.212. The third-order valence-corrected chi connectivity index (χ3v) is 7.04. The van der Waals surface area contributed by atoms with E-state index in [1.165, 1.54) is 0 Å². The molecule has 0 bridgehead atoms. The van der Waals surface area contributed by atoms with E-state index in [0.29, 0.717) is 25.3 Å². The number of carbonyl (C=O) groups is 2. The van der Waals surface area contributed by atoms with Crippen molar-refractivity contribution in [2.75, 3.05) is 20.3 Å². The van der Waals surface area contributed by atoms with Crippen LogP contribution in [0.1, 0.15) is 19.5 Å². The van der Waals surface area contributed by atoms with Gasteiger partial charge in [0.15, 0.2) is 6.61 Å². The molecule has 40 heavy (non-hydrogen) atoms. The number of benzene rings is 4. The predicted octanol–water partition coefficient (Wildman–Crippen LogP) is 5.73. The van der Waals surface area contributed by atoms with E-state index >= 15 is 0 Å². The molecule has 4 aromatic carbocycles. The number of aromatic nitrogens is 1. The highest BCUT2D eigenvalue weighted by Gasteiger charge is 2.22. The first-order valence-electron chi connectivity index (χ1n) is 13.3. The van der Waals surface area contributed by atoms with Gasteiger partial charge in [0.05, 0.1) is 13.2 Å². The van der Waals surface area contributed by atoms with E-state index in [9.17, 15) is 9.59 Å². The van der Waals surface area contributed by atoms with Crippen LogP contribution in [0, 0.1) is 0 Å². The van der Waals surface area contributed by atoms with Crippen LogP contribution >= 0.6 is 0 Å². The van der Waals surface area contributed by atoms with Gasteiger partial charge in [-0.15, -0.1) is 0 Å². The molecule has 1 unspecified atom stereocenters. The van der Waals surface area contributed by atoms with Crippen LogP contribution in [0.25, 0.3) is 21.7 Å². The molecule has 0 aliphatic carbocycles. The van der Waals surface area contributed by atoms with Crippen LogP contribution in [0.5, 0.6) is 11.5 Å². The second kappa shape index (κ2) is 12.4. The Morgan fingerprint density at radius 1 is 0.925 bits per heavy atom. The van der Waals surface area contributed by atoms with E-state index in [1.54, 1.807) is 18.9 Å². The van der Waals surface area contributed by atoms with Crippen molar-refractivity contribution in [2.24, 2.45) is 0 Å². The topological polar surface area (TPSA) is 83.7 Å². The van der Waals surface area contributed by atoms with E-state index in [-0.39, 0.29) is 25.9 Å². The summed E-state index contributed by atoms with van der Waals surface area (Å²) in [6, 6.07) is 29.1. The van der Waals surface area contributed by atoms with Gasteiger partial charge in [-0.25, -0.2) is 0 Å². The first-order valence-corrected chi connectivity index (χ1v) is 13.3. The van der Waals surface area contributed by atoms with Crippen LogP contribution in [0.4, 0.5) is 0 Å². The Morgan fingerprint density at radius 2 is 1.68 bits per heavy atom. The van der Waals surface area contributed by atoms with Crippen LogP contribution in [-0.4, -0.2) is 48.0 Å². The number of hydrogen-bond donors (Lipinski definition) is 2. The average Bonchev–Trinajstić information content (AvgIpc) is 3.38. The van der Waals surface area contributed by atoms with Gasteiger partial charge in [0.2, 0.25) is 5.91 Å². The van der Waals surface area contributed by atoms with Crippen LogP contribution in [-0.2, 0) is 22.6 Å². The van der Waals surface area contributed by atoms with Crippen molar-refractivity contribution in [1.82, 2.24) is 15.2 Å². The lowest BCUT2D eigenvalue weighted by Crippen LogP contribution is -2.47. The summed E-state index contributed by atoms with van der Waals surface area (Å²) in [5, 5.41) is 6.37. The molecule has 5 rings (SSSR count). The number of H-pyrrole nitrogens is 1. The van der Waals surface area contributed by atoms with Crippen LogP contribution < -0.4 is 14.8 Å². The Kier molecular flexibility index (Phi) is 8.30. The number of rotatable bonds is 11. The monoisotopic (exact) mass is 537 g/mol. The van der Waals surface area contributed by atoms with Gasteiger partial charge in [0.25, 0.3) is 5.91 Å². The van der Waals surface area contributed by atoms with Crippen molar-refractivity contribution in [3.63, 3.8) is 0 Å². The molecule has 1 aromatic heterocycles. The minimum atomic E-state index is -0.342. The smallest absolute Gasteiger partial charge is 0.258 e. The van der Waals surface area contributed by atoms with Gasteiger partial charge >= 0.3 is 0 Å². The number of para-hydroxylation sites is 2. The Balaban J connectivity index is 0.00000387. The summed E-state index contributed by atoms with van der Waals surface area (Å²) in [7, 11) is 1.62. The number of hydrogen-bond acceptors (Lipinski definition) is 4. The van der Waals surface area contributed by atoms with E-state index < -0.39 is 0 Å². The summed E-state index contributed by atoms with van der Waals surface area (Å²) in [6.45, 7) is 2.11. The molecule has 0 saturated heterocycles. The molecule has 5 aromatic rings. The fourth-order valence-electron chi connectivity index (χ4n) is 5.01. The molecule has 7 nitrogen and oxygen atoms in total. The van der Waals surface area contributed by atoms with Crippen molar-refractivity contribution in [1.29, 1.82) is 0 Å². The molecule has 0 fully saturated rings. The van der Waals surface area contributed by atoms with Gasteiger partial charge in [0, 0.05) is 44.1 Å². The summed E-state index contributed by atoms with van der Waals surface area (Å²) in [4.78, 5) is 30.9. The fourth-order valence-corrected chi connectivity index (χ4v) is 5.01. The molecule has 0 aliphatic rings. The summed E-state index contributed by atoms with van der Waals surface area (Å²) in [5.74, 6) is 1.01. The van der Waals surface area contributed by atoms with E-state index in [1.807, 2.05) is 91.1 Å². The van der Waals surface area contributed by atoms with E-state index in [2.05, 4.69) is 16.4 Å². The minimum absolute atomic E-state index is 0. The Hall–Kier alpha value is -4.78. The summed E-state index contributed by atoms with van der Waals surface area (Å²) >= 11 is 0. The summed E-state index contributed by atoms with van der Waals surface area (Å²) < 4.78 is 11.3. The highest BCUT2D eigenvalue weighted by atomic mass is 16.5. The average molecular weight is 538 g/mol. The number of fused-ring (bicyclic) bond motifs is 2. The molecule has 7 heteroatoms. The zero-order chi connectivity index (χ0) is 27.9. The van der Waals surface area contributed by atoms with Crippen molar-refractivity contribution in [3.8, 4) is 11.5 Å². The predicted molar refractivity (Wildman–Crippen MR) is 160 cm³/mol. The first-order chi connectivity index (χ1) is 19.5. The zero-order valence-corrected chi connectivity index (χ0v) is 22.7. The molecule has 2 N–H and O–H groups in total. The van der Waals surface area contributed by atoms with E-state index in [4.69, 9.17) is 9.47 Å². The van der Waals surface area contributed by atoms with Crippen LogP contribution in [0.3, 0.4) is 0 Å². The number of methoxy groups -OCH3 is 1. The van der Waals surface area contributed by atoms with Crippen molar-refractivity contribution >= 4 is 33.5 Å². The second-order valence-electron chi connectivity index (χ2n) is 9.84. The van der Waals surface area contributed by atoms with Gasteiger partial charge in [-0.1, -0.05) is 66.7 Å². The Labute approximate surface area is 235 Å².